The Balaban J connectivity index is 1.38. The van der Waals surface area contributed by atoms with Crippen LogP contribution in [-0.2, 0) is 24.2 Å². The van der Waals surface area contributed by atoms with Crippen LogP contribution in [-0.4, -0.2) is 26.8 Å². The fourth-order valence-corrected chi connectivity index (χ4v) is 4.14. The van der Waals surface area contributed by atoms with Crippen LogP contribution in [0.4, 0.5) is 5.69 Å². The molecule has 0 saturated heterocycles. The van der Waals surface area contributed by atoms with Gasteiger partial charge in [-0.25, -0.2) is 0 Å². The maximum absolute atomic E-state index is 12.8. The van der Waals surface area contributed by atoms with E-state index in [2.05, 4.69) is 26.1 Å². The Morgan fingerprint density at radius 2 is 2.03 bits per heavy atom. The summed E-state index contributed by atoms with van der Waals surface area (Å²) in [6, 6.07) is 13.9. The molecule has 0 saturated carbocycles. The van der Waals surface area contributed by atoms with Gasteiger partial charge in [0.15, 0.2) is 11.9 Å². The molecule has 3 aromatic rings. The summed E-state index contributed by atoms with van der Waals surface area (Å²) in [5.41, 5.74) is 3.85. The molecule has 5 rings (SSSR count). The lowest BCUT2D eigenvalue weighted by Gasteiger charge is -2.14. The van der Waals surface area contributed by atoms with Crippen LogP contribution in [0, 0.1) is 6.92 Å². The van der Waals surface area contributed by atoms with Gasteiger partial charge < -0.3 is 14.6 Å². The molecule has 2 aromatic carbocycles. The van der Waals surface area contributed by atoms with Gasteiger partial charge >= 0.3 is 0 Å². The van der Waals surface area contributed by atoms with Gasteiger partial charge in [0, 0.05) is 30.6 Å². The molecule has 29 heavy (non-hydrogen) atoms. The number of carbonyl (C=O) groups is 1. The number of rotatable bonds is 3. The minimum Gasteiger partial charge on any atom is -0.480 e. The van der Waals surface area contributed by atoms with Crippen molar-refractivity contribution in [1.82, 2.24) is 14.8 Å². The number of carbonyl (C=O) groups excluding carboxylic acids is 1. The van der Waals surface area contributed by atoms with E-state index in [9.17, 15) is 4.79 Å². The molecular formula is C23H24N4O2. The summed E-state index contributed by atoms with van der Waals surface area (Å²) >= 11 is 0. The monoisotopic (exact) mass is 388 g/mol. The van der Waals surface area contributed by atoms with E-state index in [0.29, 0.717) is 6.42 Å². The number of benzene rings is 2. The molecule has 0 spiro atoms. The fourth-order valence-electron chi connectivity index (χ4n) is 4.14. The first-order chi connectivity index (χ1) is 14.2. The summed E-state index contributed by atoms with van der Waals surface area (Å²) in [4.78, 5) is 12.8. The molecule has 0 aliphatic carbocycles. The number of aromatic nitrogens is 3. The Bertz CT molecular complexity index is 1050. The van der Waals surface area contributed by atoms with Crippen LogP contribution in [0.25, 0.3) is 11.4 Å². The van der Waals surface area contributed by atoms with Crippen molar-refractivity contribution in [2.24, 2.45) is 0 Å². The molecule has 1 aromatic heterocycles. The first-order valence-corrected chi connectivity index (χ1v) is 10.3. The van der Waals surface area contributed by atoms with Gasteiger partial charge in [-0.2, -0.15) is 0 Å². The van der Waals surface area contributed by atoms with Crippen molar-refractivity contribution in [3.63, 3.8) is 0 Å². The van der Waals surface area contributed by atoms with Gasteiger partial charge in [-0.1, -0.05) is 36.8 Å². The molecular weight excluding hydrogens is 364 g/mol. The number of nitrogens with one attached hydrogen (secondary N) is 1. The minimum absolute atomic E-state index is 0.124. The van der Waals surface area contributed by atoms with E-state index in [1.807, 2.05) is 43.3 Å². The lowest BCUT2D eigenvalue weighted by Crippen LogP contribution is -2.31. The van der Waals surface area contributed by atoms with E-state index in [0.717, 1.165) is 65.6 Å². The van der Waals surface area contributed by atoms with Crippen molar-refractivity contribution >= 4 is 11.6 Å². The number of fused-ring (bicyclic) bond motifs is 2. The van der Waals surface area contributed by atoms with E-state index in [1.54, 1.807) is 0 Å². The average molecular weight is 388 g/mol. The largest absolute Gasteiger partial charge is 0.480 e. The third-order valence-electron chi connectivity index (χ3n) is 5.80. The van der Waals surface area contributed by atoms with Crippen molar-refractivity contribution in [2.75, 3.05) is 5.32 Å². The smallest absolute Gasteiger partial charge is 0.265 e. The second kappa shape index (κ2) is 7.35. The summed E-state index contributed by atoms with van der Waals surface area (Å²) < 4.78 is 8.06. The Morgan fingerprint density at radius 1 is 1.14 bits per heavy atom. The van der Waals surface area contributed by atoms with Crippen molar-refractivity contribution in [3.05, 3.63) is 59.4 Å². The van der Waals surface area contributed by atoms with Crippen molar-refractivity contribution < 1.29 is 9.53 Å². The summed E-state index contributed by atoms with van der Waals surface area (Å²) in [6.07, 6.45) is 4.60. The number of nitrogens with zero attached hydrogens (tertiary/aromatic N) is 3. The third kappa shape index (κ3) is 3.39. The highest BCUT2D eigenvalue weighted by atomic mass is 16.5. The maximum atomic E-state index is 12.8. The molecule has 1 atom stereocenters. The van der Waals surface area contributed by atoms with Crippen LogP contribution >= 0.6 is 0 Å². The molecule has 148 valence electrons. The van der Waals surface area contributed by atoms with E-state index in [-0.39, 0.29) is 5.91 Å². The number of ether oxygens (including phenoxy) is 1. The third-order valence-corrected chi connectivity index (χ3v) is 5.80. The number of para-hydroxylation sites is 1. The Hall–Kier alpha value is -3.15. The zero-order valence-electron chi connectivity index (χ0n) is 16.5. The molecule has 0 fully saturated rings. The van der Waals surface area contributed by atoms with Crippen LogP contribution in [0.15, 0.2) is 42.5 Å². The summed E-state index contributed by atoms with van der Waals surface area (Å²) in [5.74, 6) is 2.61. The van der Waals surface area contributed by atoms with Gasteiger partial charge in [0.25, 0.3) is 5.91 Å². The zero-order chi connectivity index (χ0) is 19.8. The van der Waals surface area contributed by atoms with Crippen LogP contribution in [0.1, 0.15) is 36.2 Å². The topological polar surface area (TPSA) is 69.0 Å². The highest BCUT2D eigenvalue weighted by molar-refractivity contribution is 5.96. The summed E-state index contributed by atoms with van der Waals surface area (Å²) in [7, 11) is 0. The lowest BCUT2D eigenvalue weighted by atomic mass is 10.1. The van der Waals surface area contributed by atoms with E-state index in [4.69, 9.17) is 4.74 Å². The van der Waals surface area contributed by atoms with Crippen LogP contribution in [0.2, 0.25) is 0 Å². The summed E-state index contributed by atoms with van der Waals surface area (Å²) in [5, 5.41) is 11.9. The first-order valence-electron chi connectivity index (χ1n) is 10.3. The highest BCUT2D eigenvalue weighted by Gasteiger charge is 2.29. The SMILES string of the molecule is Cc1ccc(-c2nnc3n2CCCCC3)cc1NC(=O)C1Cc2ccccc2O1. The number of hydrogen-bond donors (Lipinski definition) is 1. The highest BCUT2D eigenvalue weighted by Crippen LogP contribution is 2.30. The maximum Gasteiger partial charge on any atom is 0.265 e. The van der Waals surface area contributed by atoms with Gasteiger partial charge in [-0.05, 0) is 43.0 Å². The number of aryl methyl sites for hydroxylation is 2. The average Bonchev–Trinajstić information content (AvgIpc) is 3.27. The number of anilines is 1. The minimum atomic E-state index is -0.500. The quantitative estimate of drug-likeness (QED) is 0.738. The van der Waals surface area contributed by atoms with Crippen LogP contribution in [0.3, 0.4) is 0 Å². The zero-order valence-corrected chi connectivity index (χ0v) is 16.5. The van der Waals surface area contributed by atoms with E-state index < -0.39 is 6.10 Å². The Kier molecular flexibility index (Phi) is 4.54. The van der Waals surface area contributed by atoms with Gasteiger partial charge in [-0.3, -0.25) is 4.79 Å². The normalized spacial score (nSPS) is 17.8. The molecule has 2 aliphatic rings. The molecule has 1 amide bonds. The second-order valence-corrected chi connectivity index (χ2v) is 7.84. The Labute approximate surface area is 169 Å². The van der Waals surface area contributed by atoms with Crippen molar-refractivity contribution in [2.45, 2.75) is 51.7 Å². The molecule has 6 nitrogen and oxygen atoms in total. The molecule has 0 radical (unpaired) electrons. The summed E-state index contributed by atoms with van der Waals surface area (Å²) in [6.45, 7) is 2.94. The number of amides is 1. The van der Waals surface area contributed by atoms with E-state index >= 15 is 0 Å². The standard InChI is InChI=1S/C23H24N4O2/c1-15-10-11-17(22-26-25-21-9-3-2-6-12-27(21)22)13-18(15)24-23(28)20-14-16-7-4-5-8-19(16)29-20/h4-5,7-8,10-11,13,20H,2-3,6,9,12,14H2,1H3,(H,24,28). The first kappa shape index (κ1) is 17.9. The molecule has 3 heterocycles. The van der Waals surface area contributed by atoms with Gasteiger partial charge in [0.2, 0.25) is 0 Å². The Morgan fingerprint density at radius 3 is 2.93 bits per heavy atom. The van der Waals surface area contributed by atoms with Crippen LogP contribution in [0.5, 0.6) is 5.75 Å². The fraction of sp³-hybridized carbons (Fsp3) is 0.348. The van der Waals surface area contributed by atoms with Gasteiger partial charge in [0.05, 0.1) is 0 Å². The molecule has 6 heteroatoms. The molecule has 1 N–H and O–H groups in total. The van der Waals surface area contributed by atoms with Crippen molar-refractivity contribution in [1.29, 1.82) is 0 Å². The van der Waals surface area contributed by atoms with Crippen molar-refractivity contribution in [3.8, 4) is 17.1 Å². The molecule has 2 aliphatic heterocycles. The molecule has 1 unspecified atom stereocenters. The lowest BCUT2D eigenvalue weighted by molar-refractivity contribution is -0.122. The second-order valence-electron chi connectivity index (χ2n) is 7.84. The predicted octanol–water partition coefficient (Wildman–Crippen LogP) is 3.92. The van der Waals surface area contributed by atoms with E-state index in [1.165, 1.54) is 6.42 Å². The van der Waals surface area contributed by atoms with Gasteiger partial charge in [0.1, 0.15) is 11.6 Å². The van der Waals surface area contributed by atoms with Crippen LogP contribution < -0.4 is 10.1 Å². The van der Waals surface area contributed by atoms with Gasteiger partial charge in [-0.15, -0.1) is 10.2 Å². The number of hydrogen-bond acceptors (Lipinski definition) is 4. The predicted molar refractivity (Wildman–Crippen MR) is 111 cm³/mol. The molecule has 0 bridgehead atoms.